The van der Waals surface area contributed by atoms with Gasteiger partial charge < -0.3 is 23.1 Å². The monoisotopic (exact) mass is 1040 g/mol. The summed E-state index contributed by atoms with van der Waals surface area (Å²) in [7, 11) is 4.02. The van der Waals surface area contributed by atoms with E-state index in [4.69, 9.17) is 9.40 Å². The van der Waals surface area contributed by atoms with E-state index in [0.29, 0.717) is 0 Å². The number of imidazole rings is 4. The van der Waals surface area contributed by atoms with Crippen LogP contribution in [0.2, 0.25) is 0 Å². The zero-order valence-electron chi connectivity index (χ0n) is 36.4. The van der Waals surface area contributed by atoms with Crippen LogP contribution in [-0.4, -0.2) is 33.1 Å². The van der Waals surface area contributed by atoms with Gasteiger partial charge in [-0.2, -0.15) is 30.3 Å². The molecule has 7 aromatic carbocycles. The topological polar surface area (TPSA) is 74.9 Å². The largest absolute Gasteiger partial charge is 0.501 e. The average molecular weight is 1040 g/mol. The third kappa shape index (κ3) is 7.42. The summed E-state index contributed by atoms with van der Waals surface area (Å²) in [5.74, 6) is 1.74. The van der Waals surface area contributed by atoms with Crippen LogP contribution in [0.3, 0.4) is 0 Å². The Kier molecular flexibility index (Phi) is 10.7. The molecule has 0 fully saturated rings. The molecule has 0 N–H and O–H groups in total. The normalized spacial score (nSPS) is 11.4. The fraction of sp³-hybridized carbons (Fsp3) is 0.0526. The summed E-state index contributed by atoms with van der Waals surface area (Å²) in [6.07, 6.45) is 11.8. The van der Waals surface area contributed by atoms with Crippen molar-refractivity contribution in [2.24, 2.45) is 14.1 Å². The van der Waals surface area contributed by atoms with Crippen LogP contribution in [0.1, 0.15) is 11.3 Å². The second-order valence-corrected chi connectivity index (χ2v) is 16.3. The van der Waals surface area contributed by atoms with Crippen molar-refractivity contribution >= 4 is 49.8 Å². The first-order valence-electron chi connectivity index (χ1n) is 21.8. The van der Waals surface area contributed by atoms with E-state index in [1.807, 2.05) is 121 Å². The van der Waals surface area contributed by atoms with E-state index < -0.39 is 0 Å². The molecular formula is C57H39IrN8O-3. The van der Waals surface area contributed by atoms with Crippen molar-refractivity contribution < 1.29 is 29.1 Å². The van der Waals surface area contributed by atoms with Gasteiger partial charge in [-0.15, -0.1) is 48.0 Å². The summed E-state index contributed by atoms with van der Waals surface area (Å²) in [5.41, 5.74) is 15.3. The summed E-state index contributed by atoms with van der Waals surface area (Å²) in [6.45, 7) is 0. The third-order valence-electron chi connectivity index (χ3n) is 12.1. The molecular weight excluding hydrogens is 1000 g/mol. The number of hydrogen-bond acceptors (Lipinski definition) is 4. The van der Waals surface area contributed by atoms with Crippen molar-refractivity contribution in [3.8, 4) is 45.1 Å². The minimum atomic E-state index is 0. The summed E-state index contributed by atoms with van der Waals surface area (Å²) in [6, 6.07) is 65.7. The molecule has 0 spiro atoms. The van der Waals surface area contributed by atoms with Gasteiger partial charge in [-0.05, 0) is 65.7 Å². The van der Waals surface area contributed by atoms with Crippen LogP contribution in [-0.2, 0) is 40.6 Å². The van der Waals surface area contributed by atoms with E-state index in [9.17, 15) is 0 Å². The molecule has 0 aliphatic rings. The first kappa shape index (κ1) is 41.5. The van der Waals surface area contributed by atoms with Gasteiger partial charge in [0.15, 0.2) is 0 Å². The zero-order valence-corrected chi connectivity index (χ0v) is 38.8. The van der Waals surface area contributed by atoms with Gasteiger partial charge in [0.05, 0.1) is 40.5 Å². The van der Waals surface area contributed by atoms with Gasteiger partial charge in [0, 0.05) is 68.7 Å². The Balaban J connectivity index is 0.000000206. The molecule has 1 radical (unpaired) electrons. The van der Waals surface area contributed by atoms with Crippen LogP contribution in [0.5, 0.6) is 0 Å². The van der Waals surface area contributed by atoms with E-state index in [2.05, 4.69) is 133 Å². The van der Waals surface area contributed by atoms with E-state index in [1.54, 1.807) is 6.20 Å². The molecule has 0 aliphatic heterocycles. The van der Waals surface area contributed by atoms with Gasteiger partial charge in [-0.3, -0.25) is 14.0 Å². The number of furan rings is 1. The summed E-state index contributed by atoms with van der Waals surface area (Å²) in [4.78, 5) is 14.2. The van der Waals surface area contributed by atoms with Crippen molar-refractivity contribution in [2.75, 3.05) is 0 Å². The molecule has 10 heteroatoms. The molecule has 0 saturated carbocycles. The molecule has 0 aliphatic carbocycles. The molecule has 9 nitrogen and oxygen atoms in total. The average Bonchev–Trinajstić information content (AvgIpc) is 4.21. The maximum atomic E-state index is 5.98. The Bertz CT molecular complexity index is 3880. The zero-order chi connectivity index (χ0) is 44.1. The number of rotatable bonds is 7. The number of para-hydroxylation sites is 4. The Morgan fingerprint density at radius 1 is 0.701 bits per heavy atom. The number of benzene rings is 7. The molecule has 13 rings (SSSR count). The van der Waals surface area contributed by atoms with Gasteiger partial charge in [-0.25, -0.2) is 4.98 Å². The fourth-order valence-electron chi connectivity index (χ4n) is 9.00. The number of pyridine rings is 1. The third-order valence-corrected chi connectivity index (χ3v) is 12.1. The van der Waals surface area contributed by atoms with Gasteiger partial charge in [0.1, 0.15) is 5.58 Å². The van der Waals surface area contributed by atoms with Crippen LogP contribution in [0, 0.1) is 24.5 Å². The standard InChI is InChI=1S/C41H28N6.C16H11N2O.Ir/c1-44-28-45(32-14-4-2-5-15-32)27-34(44)24-29-21-22-38-39(25-29)47-40-35(30-12-10-13-31(26-30)36-19-8-9-23-42-36)18-11-20-37(40)43-41(47)46(38)33-16-6-3-7-17-33;1-18-10-9-17-16(18)13-7-4-6-12-11-5-2-3-8-14(11)19-15(12)13;/h2-12,14,16-23,25-27H,24H2,1H3;2-6,8-10H,1H3;/q-2;-1;. The van der Waals surface area contributed by atoms with Gasteiger partial charge in [0.2, 0.25) is 12.1 Å². The molecule has 0 amide bonds. The summed E-state index contributed by atoms with van der Waals surface area (Å²) in [5, 5.41) is 2.23. The Labute approximate surface area is 399 Å². The van der Waals surface area contributed by atoms with Gasteiger partial charge in [0.25, 0.3) is 0 Å². The Morgan fingerprint density at radius 2 is 1.55 bits per heavy atom. The molecule has 6 heterocycles. The van der Waals surface area contributed by atoms with Crippen molar-refractivity contribution in [3.63, 3.8) is 0 Å². The van der Waals surface area contributed by atoms with Crippen LogP contribution in [0.25, 0.3) is 94.9 Å². The molecule has 0 bridgehead atoms. The SMILES string of the molecule is C[n+]1[c-]n(-c2[c-]cccc2)cc1Cc1ccc2c(c1)n1c3c(-c4cc[c-]c(-c5ccccn5)c4)cccc3nc1n2-c1ccccc1.Cn1ccnc1-c1[c-]ccc2c1oc1ccccc12.[Ir]. The predicted molar refractivity (Wildman–Crippen MR) is 259 cm³/mol. The minimum absolute atomic E-state index is 0. The van der Waals surface area contributed by atoms with Crippen molar-refractivity contribution in [1.29, 1.82) is 0 Å². The molecule has 0 unspecified atom stereocenters. The second kappa shape index (κ2) is 17.3. The van der Waals surface area contributed by atoms with Crippen LogP contribution in [0.4, 0.5) is 0 Å². The van der Waals surface area contributed by atoms with Gasteiger partial charge in [-0.1, -0.05) is 88.9 Å². The Hall–Kier alpha value is -8.17. The first-order valence-corrected chi connectivity index (χ1v) is 21.8. The van der Waals surface area contributed by atoms with Crippen molar-refractivity contribution in [1.82, 2.24) is 33.1 Å². The van der Waals surface area contributed by atoms with Crippen molar-refractivity contribution in [2.45, 2.75) is 6.42 Å². The summed E-state index contributed by atoms with van der Waals surface area (Å²) >= 11 is 0. The van der Waals surface area contributed by atoms with Gasteiger partial charge >= 0.3 is 0 Å². The van der Waals surface area contributed by atoms with E-state index >= 15 is 0 Å². The maximum absolute atomic E-state index is 5.98. The maximum Gasteiger partial charge on any atom is 0.241 e. The second-order valence-electron chi connectivity index (χ2n) is 16.3. The first-order chi connectivity index (χ1) is 32.6. The van der Waals surface area contributed by atoms with Crippen molar-refractivity contribution in [3.05, 3.63) is 224 Å². The molecule has 325 valence electrons. The number of nitrogens with zero attached hydrogens (tertiary/aromatic N) is 8. The van der Waals surface area contributed by atoms with Crippen LogP contribution < -0.4 is 4.57 Å². The quantitative estimate of drug-likeness (QED) is 0.118. The van der Waals surface area contributed by atoms with E-state index in [0.717, 1.165) is 107 Å². The predicted octanol–water partition coefficient (Wildman–Crippen LogP) is 11.6. The minimum Gasteiger partial charge on any atom is -0.501 e. The smallest absolute Gasteiger partial charge is 0.241 e. The number of hydrogen-bond donors (Lipinski definition) is 0. The van der Waals surface area contributed by atoms with E-state index in [1.165, 1.54) is 5.56 Å². The molecule has 0 saturated heterocycles. The molecule has 67 heavy (non-hydrogen) atoms. The molecule has 13 aromatic rings. The number of aryl methyl sites for hydroxylation is 2. The molecule has 6 aromatic heterocycles. The fourth-order valence-corrected chi connectivity index (χ4v) is 9.00. The Morgan fingerprint density at radius 3 is 2.39 bits per heavy atom. The summed E-state index contributed by atoms with van der Waals surface area (Å²) < 4.78 is 16.6. The molecule has 0 atom stereocenters. The number of aromatic nitrogens is 8. The number of fused-ring (bicyclic) bond motifs is 8. The van der Waals surface area contributed by atoms with E-state index in [-0.39, 0.29) is 20.1 Å². The van der Waals surface area contributed by atoms with Crippen LogP contribution in [0.15, 0.2) is 193 Å². The van der Waals surface area contributed by atoms with Crippen LogP contribution >= 0.6 is 0 Å².